The van der Waals surface area contributed by atoms with Crippen LogP contribution in [-0.4, -0.2) is 59.6 Å². The Morgan fingerprint density at radius 1 is 1.38 bits per heavy atom. The molecule has 2 rings (SSSR count). The molecule has 0 spiro atoms. The van der Waals surface area contributed by atoms with Crippen molar-refractivity contribution in [2.24, 2.45) is 0 Å². The van der Waals surface area contributed by atoms with Crippen LogP contribution in [0.4, 0.5) is 4.39 Å². The Hall–Kier alpha value is -1.17. The predicted molar refractivity (Wildman–Crippen MR) is 80.1 cm³/mol. The van der Waals surface area contributed by atoms with Crippen molar-refractivity contribution in [2.45, 2.75) is 19.4 Å². The van der Waals surface area contributed by atoms with Crippen LogP contribution in [0.1, 0.15) is 23.7 Å². The second-order valence-electron chi connectivity index (χ2n) is 5.17. The zero-order valence-electron chi connectivity index (χ0n) is 12.1. The first-order chi connectivity index (χ1) is 10.1. The summed E-state index contributed by atoms with van der Waals surface area (Å²) in [6.45, 7) is 4.52. The van der Waals surface area contributed by atoms with Crippen molar-refractivity contribution < 1.29 is 14.3 Å². The van der Waals surface area contributed by atoms with Crippen molar-refractivity contribution in [3.05, 3.63) is 34.6 Å². The van der Waals surface area contributed by atoms with E-state index in [4.69, 9.17) is 11.6 Å². The Labute approximate surface area is 129 Å². The fourth-order valence-electron chi connectivity index (χ4n) is 2.65. The Kier molecular flexibility index (Phi) is 5.56. The summed E-state index contributed by atoms with van der Waals surface area (Å²) in [6.07, 6.45) is 0.865. The summed E-state index contributed by atoms with van der Waals surface area (Å²) in [5.74, 6) is -0.952. The van der Waals surface area contributed by atoms with E-state index in [1.165, 1.54) is 18.2 Å². The van der Waals surface area contributed by atoms with Crippen molar-refractivity contribution in [1.29, 1.82) is 0 Å². The highest BCUT2D eigenvalue weighted by Crippen LogP contribution is 2.21. The molecule has 4 nitrogen and oxygen atoms in total. The zero-order valence-corrected chi connectivity index (χ0v) is 12.8. The summed E-state index contributed by atoms with van der Waals surface area (Å²) in [5.41, 5.74) is -0.0539. The zero-order chi connectivity index (χ0) is 15.4. The first-order valence-electron chi connectivity index (χ1n) is 7.16. The SMILES string of the molecule is CCC(CO)N1CCN(C(=O)c2c(F)cccc2Cl)CC1. The summed E-state index contributed by atoms with van der Waals surface area (Å²) in [5, 5.41) is 9.46. The van der Waals surface area contributed by atoms with Gasteiger partial charge in [-0.2, -0.15) is 0 Å². The maximum atomic E-state index is 13.8. The molecule has 21 heavy (non-hydrogen) atoms. The van der Waals surface area contributed by atoms with Crippen LogP contribution in [0.5, 0.6) is 0 Å². The molecule has 1 heterocycles. The highest BCUT2D eigenvalue weighted by molar-refractivity contribution is 6.33. The van der Waals surface area contributed by atoms with Gasteiger partial charge in [-0.1, -0.05) is 24.6 Å². The third kappa shape index (κ3) is 3.54. The van der Waals surface area contributed by atoms with Crippen molar-refractivity contribution >= 4 is 17.5 Å². The number of carbonyl (C=O) groups excluding carboxylic acids is 1. The summed E-state index contributed by atoms with van der Waals surface area (Å²) in [7, 11) is 0. The summed E-state index contributed by atoms with van der Waals surface area (Å²) in [4.78, 5) is 16.2. The quantitative estimate of drug-likeness (QED) is 0.924. The number of hydrogen-bond acceptors (Lipinski definition) is 3. The van der Waals surface area contributed by atoms with E-state index >= 15 is 0 Å². The van der Waals surface area contributed by atoms with Crippen LogP contribution in [0.3, 0.4) is 0 Å². The van der Waals surface area contributed by atoms with E-state index in [0.717, 1.165) is 6.42 Å². The van der Waals surface area contributed by atoms with E-state index in [1.807, 2.05) is 6.92 Å². The maximum Gasteiger partial charge on any atom is 0.258 e. The van der Waals surface area contributed by atoms with Crippen LogP contribution in [0.15, 0.2) is 18.2 Å². The minimum absolute atomic E-state index is 0.0539. The monoisotopic (exact) mass is 314 g/mol. The number of hydrogen-bond donors (Lipinski definition) is 1. The molecule has 1 aromatic rings. The highest BCUT2D eigenvalue weighted by atomic mass is 35.5. The smallest absolute Gasteiger partial charge is 0.258 e. The third-order valence-electron chi connectivity index (χ3n) is 3.98. The second kappa shape index (κ2) is 7.20. The van der Waals surface area contributed by atoms with Crippen molar-refractivity contribution in [3.8, 4) is 0 Å². The number of amides is 1. The lowest BCUT2D eigenvalue weighted by Gasteiger charge is -2.38. The van der Waals surface area contributed by atoms with Gasteiger partial charge in [0.2, 0.25) is 0 Å². The van der Waals surface area contributed by atoms with Crippen LogP contribution in [0.25, 0.3) is 0 Å². The summed E-state index contributed by atoms with van der Waals surface area (Å²) >= 11 is 5.94. The third-order valence-corrected chi connectivity index (χ3v) is 4.29. The van der Waals surface area contributed by atoms with E-state index in [0.29, 0.717) is 26.2 Å². The molecule has 1 aliphatic heterocycles. The fourth-order valence-corrected chi connectivity index (χ4v) is 2.90. The Bertz CT molecular complexity index is 480. The van der Waals surface area contributed by atoms with Gasteiger partial charge in [-0.05, 0) is 18.6 Å². The molecule has 0 radical (unpaired) electrons. The first-order valence-corrected chi connectivity index (χ1v) is 7.54. The standard InChI is InChI=1S/C15H20ClFN2O2/c1-2-11(10-20)18-6-8-19(9-7-18)15(21)14-12(16)4-3-5-13(14)17/h3-5,11,20H,2,6-10H2,1H3. The van der Waals surface area contributed by atoms with Gasteiger partial charge in [0.1, 0.15) is 5.82 Å². The van der Waals surface area contributed by atoms with Crippen molar-refractivity contribution in [3.63, 3.8) is 0 Å². The van der Waals surface area contributed by atoms with Gasteiger partial charge in [-0.3, -0.25) is 9.69 Å². The van der Waals surface area contributed by atoms with Crippen molar-refractivity contribution in [2.75, 3.05) is 32.8 Å². The highest BCUT2D eigenvalue weighted by Gasteiger charge is 2.27. The molecule has 1 atom stereocenters. The minimum atomic E-state index is -0.586. The Morgan fingerprint density at radius 3 is 2.57 bits per heavy atom. The van der Waals surface area contributed by atoms with Gasteiger partial charge < -0.3 is 10.0 Å². The number of nitrogens with zero attached hydrogens (tertiary/aromatic N) is 2. The fraction of sp³-hybridized carbons (Fsp3) is 0.533. The minimum Gasteiger partial charge on any atom is -0.395 e. The number of halogens is 2. The van der Waals surface area contributed by atoms with E-state index in [2.05, 4.69) is 4.90 Å². The number of benzene rings is 1. The van der Waals surface area contributed by atoms with Gasteiger partial charge in [0.15, 0.2) is 0 Å². The first kappa shape index (κ1) is 16.2. The van der Waals surface area contributed by atoms with Crippen LogP contribution in [0.2, 0.25) is 5.02 Å². The van der Waals surface area contributed by atoms with Gasteiger partial charge in [0, 0.05) is 32.2 Å². The molecule has 1 saturated heterocycles. The lowest BCUT2D eigenvalue weighted by molar-refractivity contribution is 0.0469. The molecular formula is C15H20ClFN2O2. The van der Waals surface area contributed by atoms with Gasteiger partial charge >= 0.3 is 0 Å². The number of carbonyl (C=O) groups is 1. The number of aliphatic hydroxyl groups is 1. The van der Waals surface area contributed by atoms with Crippen molar-refractivity contribution in [1.82, 2.24) is 9.80 Å². The van der Waals surface area contributed by atoms with Gasteiger partial charge in [-0.15, -0.1) is 0 Å². The molecule has 0 aliphatic carbocycles. The van der Waals surface area contributed by atoms with Crippen LogP contribution < -0.4 is 0 Å². The Morgan fingerprint density at radius 2 is 2.05 bits per heavy atom. The lowest BCUT2D eigenvalue weighted by atomic mass is 10.1. The second-order valence-corrected chi connectivity index (χ2v) is 5.58. The maximum absolute atomic E-state index is 13.8. The molecule has 0 saturated carbocycles. The molecule has 1 aliphatic rings. The van der Waals surface area contributed by atoms with Crippen LogP contribution >= 0.6 is 11.6 Å². The average molecular weight is 315 g/mol. The summed E-state index contributed by atoms with van der Waals surface area (Å²) in [6, 6.07) is 4.38. The molecule has 6 heteroatoms. The van der Waals surface area contributed by atoms with E-state index in [-0.39, 0.29) is 29.1 Å². The summed E-state index contributed by atoms with van der Waals surface area (Å²) < 4.78 is 13.8. The molecule has 0 aromatic heterocycles. The van der Waals surface area contributed by atoms with Crippen LogP contribution in [-0.2, 0) is 0 Å². The van der Waals surface area contributed by atoms with E-state index in [1.54, 1.807) is 4.90 Å². The number of rotatable bonds is 4. The number of piperazine rings is 1. The van der Waals surface area contributed by atoms with Crippen LogP contribution in [0, 0.1) is 5.82 Å². The van der Waals surface area contributed by atoms with E-state index in [9.17, 15) is 14.3 Å². The van der Waals surface area contributed by atoms with Gasteiger partial charge in [-0.25, -0.2) is 4.39 Å². The largest absolute Gasteiger partial charge is 0.395 e. The predicted octanol–water partition coefficient (Wildman–Crippen LogP) is 2.01. The molecule has 1 fully saturated rings. The normalized spacial score (nSPS) is 17.8. The van der Waals surface area contributed by atoms with Gasteiger partial charge in [0.25, 0.3) is 5.91 Å². The van der Waals surface area contributed by atoms with E-state index < -0.39 is 5.82 Å². The molecule has 1 amide bonds. The molecule has 1 unspecified atom stereocenters. The molecule has 1 aromatic carbocycles. The lowest BCUT2D eigenvalue weighted by Crippen LogP contribution is -2.52. The Balaban J connectivity index is 2.04. The average Bonchev–Trinajstić information content (AvgIpc) is 2.49. The molecule has 0 bridgehead atoms. The number of aliphatic hydroxyl groups excluding tert-OH is 1. The molecule has 1 N–H and O–H groups in total. The topological polar surface area (TPSA) is 43.8 Å². The van der Waals surface area contributed by atoms with Gasteiger partial charge in [0.05, 0.1) is 17.2 Å². The molecular weight excluding hydrogens is 295 g/mol. The molecule has 116 valence electrons.